The van der Waals surface area contributed by atoms with Crippen LogP contribution in [0.25, 0.3) is 0 Å². The van der Waals surface area contributed by atoms with Crippen LogP contribution >= 0.6 is 0 Å². The smallest absolute Gasteiger partial charge is 0.270 e. The van der Waals surface area contributed by atoms with Crippen LogP contribution in [0.5, 0.6) is 0 Å². The zero-order chi connectivity index (χ0) is 15.0. The van der Waals surface area contributed by atoms with Gasteiger partial charge in [0.1, 0.15) is 11.4 Å². The van der Waals surface area contributed by atoms with Crippen LogP contribution in [-0.2, 0) is 0 Å². The number of pyridine rings is 1. The number of aromatic nitrogens is 1. The molecule has 0 aliphatic heterocycles. The molecule has 0 spiro atoms. The Balaban J connectivity index is 2.70. The van der Waals surface area contributed by atoms with Crippen molar-refractivity contribution in [1.29, 1.82) is 0 Å². The first-order valence-electron chi connectivity index (χ1n) is 7.14. The van der Waals surface area contributed by atoms with Crippen molar-refractivity contribution in [2.75, 3.05) is 6.54 Å². The lowest BCUT2D eigenvalue weighted by atomic mass is 10.2. The Kier molecular flexibility index (Phi) is 6.70. The summed E-state index contributed by atoms with van der Waals surface area (Å²) in [5, 5.41) is 5.62. The predicted molar refractivity (Wildman–Crippen MR) is 78.7 cm³/mol. The summed E-state index contributed by atoms with van der Waals surface area (Å²) in [6.45, 7) is 6.61. The van der Waals surface area contributed by atoms with E-state index >= 15 is 0 Å². The minimum Gasteiger partial charge on any atom is -0.351 e. The molecule has 2 N–H and O–H groups in total. The van der Waals surface area contributed by atoms with Crippen molar-refractivity contribution in [2.24, 2.45) is 0 Å². The second-order valence-electron chi connectivity index (χ2n) is 4.80. The van der Waals surface area contributed by atoms with Crippen molar-refractivity contribution in [2.45, 2.75) is 46.1 Å². The van der Waals surface area contributed by atoms with Gasteiger partial charge in [-0.3, -0.25) is 9.59 Å². The minimum absolute atomic E-state index is 0.0892. The number of hydrogen-bond acceptors (Lipinski definition) is 3. The van der Waals surface area contributed by atoms with Crippen molar-refractivity contribution >= 4 is 11.8 Å². The van der Waals surface area contributed by atoms with E-state index in [2.05, 4.69) is 22.5 Å². The zero-order valence-electron chi connectivity index (χ0n) is 12.4. The second-order valence-corrected chi connectivity index (χ2v) is 4.80. The monoisotopic (exact) mass is 277 g/mol. The highest BCUT2D eigenvalue weighted by Gasteiger charge is 2.13. The van der Waals surface area contributed by atoms with Gasteiger partial charge in [-0.15, -0.1) is 0 Å². The molecule has 1 heterocycles. The highest BCUT2D eigenvalue weighted by molar-refractivity contribution is 5.96. The van der Waals surface area contributed by atoms with Crippen LogP contribution in [0, 0.1) is 0 Å². The molecule has 110 valence electrons. The van der Waals surface area contributed by atoms with Gasteiger partial charge in [0, 0.05) is 12.6 Å². The summed E-state index contributed by atoms with van der Waals surface area (Å²) in [4.78, 5) is 27.9. The molecule has 1 atom stereocenters. The molecule has 1 aromatic rings. The number of carbonyl (C=O) groups is 2. The summed E-state index contributed by atoms with van der Waals surface area (Å²) in [6.07, 6.45) is 2.80. The molecule has 0 saturated carbocycles. The van der Waals surface area contributed by atoms with Crippen molar-refractivity contribution in [3.05, 3.63) is 29.6 Å². The van der Waals surface area contributed by atoms with Crippen LogP contribution in [0.4, 0.5) is 0 Å². The van der Waals surface area contributed by atoms with Crippen molar-refractivity contribution in [1.82, 2.24) is 15.6 Å². The summed E-state index contributed by atoms with van der Waals surface area (Å²) >= 11 is 0. The SMILES string of the molecule is CCCCNC(=O)c1cccc(C(=O)NC(C)CC)n1. The summed E-state index contributed by atoms with van der Waals surface area (Å²) in [5.74, 6) is -0.487. The van der Waals surface area contributed by atoms with E-state index < -0.39 is 0 Å². The third-order valence-electron chi connectivity index (χ3n) is 3.02. The lowest BCUT2D eigenvalue weighted by Crippen LogP contribution is -2.33. The molecule has 1 rings (SSSR count). The topological polar surface area (TPSA) is 71.1 Å². The van der Waals surface area contributed by atoms with Gasteiger partial charge in [0.15, 0.2) is 0 Å². The van der Waals surface area contributed by atoms with E-state index in [-0.39, 0.29) is 29.2 Å². The Bertz CT molecular complexity index is 460. The molecule has 0 aromatic carbocycles. The summed E-state index contributed by atoms with van der Waals surface area (Å²) in [6, 6.07) is 4.99. The van der Waals surface area contributed by atoms with Crippen molar-refractivity contribution in [3.8, 4) is 0 Å². The van der Waals surface area contributed by atoms with E-state index in [1.807, 2.05) is 13.8 Å². The first-order valence-corrected chi connectivity index (χ1v) is 7.14. The van der Waals surface area contributed by atoms with Crippen LogP contribution in [0.3, 0.4) is 0 Å². The number of carbonyl (C=O) groups excluding carboxylic acids is 2. The number of nitrogens with zero attached hydrogens (tertiary/aromatic N) is 1. The molecule has 1 aromatic heterocycles. The van der Waals surface area contributed by atoms with Gasteiger partial charge in [0.2, 0.25) is 0 Å². The van der Waals surface area contributed by atoms with Gasteiger partial charge in [-0.1, -0.05) is 26.3 Å². The maximum atomic E-state index is 11.9. The van der Waals surface area contributed by atoms with Crippen molar-refractivity contribution in [3.63, 3.8) is 0 Å². The highest BCUT2D eigenvalue weighted by Crippen LogP contribution is 2.01. The fourth-order valence-corrected chi connectivity index (χ4v) is 1.56. The normalized spacial score (nSPS) is 11.8. The number of nitrogens with one attached hydrogen (secondary N) is 2. The Morgan fingerprint density at radius 1 is 1.20 bits per heavy atom. The van der Waals surface area contributed by atoms with E-state index in [9.17, 15) is 9.59 Å². The number of unbranched alkanes of at least 4 members (excludes halogenated alkanes) is 1. The molecule has 0 fully saturated rings. The Morgan fingerprint density at radius 3 is 2.45 bits per heavy atom. The molecule has 5 heteroatoms. The largest absolute Gasteiger partial charge is 0.351 e. The molecule has 2 amide bonds. The molecular weight excluding hydrogens is 254 g/mol. The lowest BCUT2D eigenvalue weighted by molar-refractivity contribution is 0.0933. The fraction of sp³-hybridized carbons (Fsp3) is 0.533. The van der Waals surface area contributed by atoms with Gasteiger partial charge >= 0.3 is 0 Å². The van der Waals surface area contributed by atoms with Gasteiger partial charge in [-0.05, 0) is 31.9 Å². The Morgan fingerprint density at radius 2 is 1.85 bits per heavy atom. The lowest BCUT2D eigenvalue weighted by Gasteiger charge is -2.11. The van der Waals surface area contributed by atoms with Crippen molar-refractivity contribution < 1.29 is 9.59 Å². The van der Waals surface area contributed by atoms with Crippen LogP contribution in [0.15, 0.2) is 18.2 Å². The van der Waals surface area contributed by atoms with E-state index in [1.165, 1.54) is 0 Å². The van der Waals surface area contributed by atoms with Crippen LogP contribution < -0.4 is 10.6 Å². The van der Waals surface area contributed by atoms with E-state index in [4.69, 9.17) is 0 Å². The molecule has 0 saturated heterocycles. The predicted octanol–water partition coefficient (Wildman–Crippen LogP) is 2.14. The van der Waals surface area contributed by atoms with Gasteiger partial charge in [-0.2, -0.15) is 0 Å². The number of rotatable bonds is 7. The van der Waals surface area contributed by atoms with Gasteiger partial charge < -0.3 is 10.6 Å². The third-order valence-corrected chi connectivity index (χ3v) is 3.02. The summed E-state index contributed by atoms with van der Waals surface area (Å²) < 4.78 is 0. The minimum atomic E-state index is -0.248. The standard InChI is InChI=1S/C15H23N3O2/c1-4-6-10-16-14(19)12-8-7-9-13(18-12)15(20)17-11(3)5-2/h7-9,11H,4-6,10H2,1-3H3,(H,16,19)(H,17,20). The highest BCUT2D eigenvalue weighted by atomic mass is 16.2. The Hall–Kier alpha value is -1.91. The van der Waals surface area contributed by atoms with Crippen LogP contribution in [0.2, 0.25) is 0 Å². The van der Waals surface area contributed by atoms with Gasteiger partial charge in [0.05, 0.1) is 0 Å². The summed E-state index contributed by atoms with van der Waals surface area (Å²) in [7, 11) is 0. The molecule has 5 nitrogen and oxygen atoms in total. The maximum Gasteiger partial charge on any atom is 0.270 e. The second kappa shape index (κ2) is 8.30. The number of hydrogen-bond donors (Lipinski definition) is 2. The number of amides is 2. The Labute approximate surface area is 120 Å². The first-order chi connectivity index (χ1) is 9.58. The first kappa shape index (κ1) is 16.1. The van der Waals surface area contributed by atoms with Gasteiger partial charge in [-0.25, -0.2) is 4.98 Å². The molecule has 0 aliphatic carbocycles. The zero-order valence-corrected chi connectivity index (χ0v) is 12.4. The van der Waals surface area contributed by atoms with Crippen LogP contribution in [-0.4, -0.2) is 29.4 Å². The van der Waals surface area contributed by atoms with E-state index in [0.717, 1.165) is 19.3 Å². The van der Waals surface area contributed by atoms with E-state index in [1.54, 1.807) is 18.2 Å². The summed E-state index contributed by atoms with van der Waals surface area (Å²) in [5.41, 5.74) is 0.548. The average molecular weight is 277 g/mol. The van der Waals surface area contributed by atoms with Crippen LogP contribution in [0.1, 0.15) is 61.0 Å². The molecule has 0 bridgehead atoms. The molecule has 0 radical (unpaired) electrons. The fourth-order valence-electron chi connectivity index (χ4n) is 1.56. The van der Waals surface area contributed by atoms with Gasteiger partial charge in [0.25, 0.3) is 11.8 Å². The maximum absolute atomic E-state index is 11.9. The average Bonchev–Trinajstić information content (AvgIpc) is 2.47. The molecule has 1 unspecified atom stereocenters. The quantitative estimate of drug-likeness (QED) is 0.750. The molecular formula is C15H23N3O2. The molecule has 0 aliphatic rings. The third kappa shape index (κ3) is 4.99. The van der Waals surface area contributed by atoms with E-state index in [0.29, 0.717) is 6.54 Å². The molecule has 20 heavy (non-hydrogen) atoms.